The van der Waals surface area contributed by atoms with Crippen LogP contribution in [0, 0.1) is 5.92 Å². The Bertz CT molecular complexity index is 736. The number of aromatic nitrogens is 3. The molecule has 1 aliphatic rings. The highest BCUT2D eigenvalue weighted by molar-refractivity contribution is 5.76. The van der Waals surface area contributed by atoms with Gasteiger partial charge in [0.25, 0.3) is 0 Å². The normalized spacial score (nSPS) is 15.2. The molecule has 10 nitrogen and oxygen atoms in total. The van der Waals surface area contributed by atoms with Crippen molar-refractivity contribution in [3.05, 3.63) is 24.4 Å². The summed E-state index contributed by atoms with van der Waals surface area (Å²) in [6.45, 7) is 4.26. The van der Waals surface area contributed by atoms with Crippen LogP contribution >= 0.6 is 0 Å². The lowest BCUT2D eigenvalue weighted by Gasteiger charge is -2.26. The van der Waals surface area contributed by atoms with E-state index in [0.717, 1.165) is 50.4 Å². The van der Waals surface area contributed by atoms with E-state index in [1.165, 1.54) is 6.20 Å². The summed E-state index contributed by atoms with van der Waals surface area (Å²) in [7, 11) is 0. The molecule has 1 saturated heterocycles. The minimum atomic E-state index is -0.438. The van der Waals surface area contributed by atoms with Gasteiger partial charge >= 0.3 is 6.03 Å². The third kappa shape index (κ3) is 5.61. The van der Waals surface area contributed by atoms with Crippen LogP contribution in [-0.2, 0) is 11.2 Å². The van der Waals surface area contributed by atoms with Crippen molar-refractivity contribution in [2.75, 3.05) is 52.6 Å². The first kappa shape index (κ1) is 20.5. The number of aryl methyl sites for hydroxylation is 1. The van der Waals surface area contributed by atoms with Gasteiger partial charge < -0.3 is 24.7 Å². The number of morpholine rings is 1. The van der Waals surface area contributed by atoms with Gasteiger partial charge in [-0.3, -0.25) is 4.90 Å². The Labute approximate surface area is 163 Å². The molecule has 1 amide bonds. The van der Waals surface area contributed by atoms with Crippen LogP contribution in [-0.4, -0.2) is 88.5 Å². The quantitative estimate of drug-likeness (QED) is 0.542. The van der Waals surface area contributed by atoms with Crippen LogP contribution in [0.2, 0.25) is 0 Å². The van der Waals surface area contributed by atoms with Crippen molar-refractivity contribution in [3.63, 3.8) is 0 Å². The number of carbonyl (C=O) groups excluding carboxylic acids is 1. The second kappa shape index (κ2) is 10.3. The second-order valence-corrected chi connectivity index (χ2v) is 6.75. The average Bonchev–Trinajstić information content (AvgIpc) is 3.39. The largest absolute Gasteiger partial charge is 0.448 e. The SMILES string of the molecule is O=C(NCC(CO)CO)n1ccc(-c2coc(CCCN3CCOCC3)n2)n1. The zero-order valence-corrected chi connectivity index (χ0v) is 15.8. The lowest BCUT2D eigenvalue weighted by Crippen LogP contribution is -2.36. The number of ether oxygens (including phenoxy) is 1. The van der Waals surface area contributed by atoms with E-state index in [-0.39, 0.29) is 19.8 Å². The van der Waals surface area contributed by atoms with Gasteiger partial charge in [0.2, 0.25) is 0 Å². The summed E-state index contributed by atoms with van der Waals surface area (Å²) >= 11 is 0. The molecule has 2 aromatic rings. The Morgan fingerprint density at radius 3 is 2.79 bits per heavy atom. The van der Waals surface area contributed by atoms with Crippen LogP contribution in [0.25, 0.3) is 11.4 Å². The number of hydrogen-bond acceptors (Lipinski definition) is 8. The van der Waals surface area contributed by atoms with Gasteiger partial charge in [0.1, 0.15) is 17.7 Å². The van der Waals surface area contributed by atoms with Crippen molar-refractivity contribution in [1.29, 1.82) is 0 Å². The number of rotatable bonds is 9. The maximum atomic E-state index is 12.1. The molecular formula is C18H27N5O5. The van der Waals surface area contributed by atoms with E-state index in [1.807, 2.05) is 0 Å². The molecule has 2 aromatic heterocycles. The Kier molecular flexibility index (Phi) is 7.54. The maximum Gasteiger partial charge on any atom is 0.342 e. The topological polar surface area (TPSA) is 126 Å². The van der Waals surface area contributed by atoms with Crippen LogP contribution < -0.4 is 5.32 Å². The first-order chi connectivity index (χ1) is 13.7. The Hall–Kier alpha value is -2.27. The van der Waals surface area contributed by atoms with E-state index in [1.54, 1.807) is 12.3 Å². The number of hydrogen-bond donors (Lipinski definition) is 3. The average molecular weight is 393 g/mol. The van der Waals surface area contributed by atoms with E-state index < -0.39 is 11.9 Å². The summed E-state index contributed by atoms with van der Waals surface area (Å²) in [5.74, 6) is 0.255. The van der Waals surface area contributed by atoms with Crippen molar-refractivity contribution in [2.24, 2.45) is 5.92 Å². The molecule has 0 radical (unpaired) electrons. The van der Waals surface area contributed by atoms with Crippen molar-refractivity contribution >= 4 is 6.03 Å². The van der Waals surface area contributed by atoms with E-state index in [9.17, 15) is 4.79 Å². The minimum Gasteiger partial charge on any atom is -0.448 e. The van der Waals surface area contributed by atoms with E-state index >= 15 is 0 Å². The molecule has 3 heterocycles. The highest BCUT2D eigenvalue weighted by Gasteiger charge is 2.14. The summed E-state index contributed by atoms with van der Waals surface area (Å²) in [6, 6.07) is 1.25. The maximum absolute atomic E-state index is 12.1. The van der Waals surface area contributed by atoms with Gasteiger partial charge in [-0.2, -0.15) is 9.78 Å². The molecule has 0 aromatic carbocycles. The summed E-state index contributed by atoms with van der Waals surface area (Å²) in [6.07, 6.45) is 4.77. The molecule has 0 saturated carbocycles. The highest BCUT2D eigenvalue weighted by atomic mass is 16.5. The second-order valence-electron chi connectivity index (χ2n) is 6.75. The summed E-state index contributed by atoms with van der Waals surface area (Å²) in [5.41, 5.74) is 1.12. The fourth-order valence-corrected chi connectivity index (χ4v) is 2.90. The third-order valence-corrected chi connectivity index (χ3v) is 4.64. The van der Waals surface area contributed by atoms with Crippen molar-refractivity contribution < 1.29 is 24.2 Å². The zero-order valence-electron chi connectivity index (χ0n) is 15.8. The third-order valence-electron chi connectivity index (χ3n) is 4.64. The smallest absolute Gasteiger partial charge is 0.342 e. The highest BCUT2D eigenvalue weighted by Crippen LogP contribution is 2.17. The monoisotopic (exact) mass is 393 g/mol. The number of aliphatic hydroxyl groups excluding tert-OH is 2. The Morgan fingerprint density at radius 2 is 2.04 bits per heavy atom. The fraction of sp³-hybridized carbons (Fsp3) is 0.611. The van der Waals surface area contributed by atoms with Gasteiger partial charge in [-0.05, 0) is 19.0 Å². The molecule has 0 aliphatic carbocycles. The molecule has 0 unspecified atom stereocenters. The molecule has 1 aliphatic heterocycles. The molecule has 3 rings (SSSR count). The number of nitrogens with one attached hydrogen (secondary N) is 1. The van der Waals surface area contributed by atoms with Crippen LogP contribution in [0.15, 0.2) is 22.9 Å². The van der Waals surface area contributed by atoms with Crippen LogP contribution in [0.5, 0.6) is 0 Å². The van der Waals surface area contributed by atoms with E-state index in [2.05, 4.69) is 20.3 Å². The number of carbonyl (C=O) groups is 1. The predicted octanol–water partition coefficient (Wildman–Crippen LogP) is -0.0386. The van der Waals surface area contributed by atoms with E-state index in [0.29, 0.717) is 17.3 Å². The van der Waals surface area contributed by atoms with Gasteiger partial charge in [0.15, 0.2) is 5.89 Å². The van der Waals surface area contributed by atoms with Gasteiger partial charge in [-0.25, -0.2) is 9.78 Å². The number of aliphatic hydroxyl groups is 2. The van der Waals surface area contributed by atoms with Crippen LogP contribution in [0.4, 0.5) is 4.79 Å². The fourth-order valence-electron chi connectivity index (χ4n) is 2.90. The number of oxazole rings is 1. The van der Waals surface area contributed by atoms with Crippen molar-refractivity contribution in [1.82, 2.24) is 25.0 Å². The molecular weight excluding hydrogens is 366 g/mol. The molecule has 0 atom stereocenters. The summed E-state index contributed by atoms with van der Waals surface area (Å²) < 4.78 is 12.0. The standard InChI is InChI=1S/C18H27N5O5/c24-11-14(12-25)10-19-18(26)23-5-3-15(21-23)16-13-28-17(20-16)2-1-4-22-6-8-27-9-7-22/h3,5,13-14,24-25H,1-2,4,6-12H2,(H,19,26). The Morgan fingerprint density at radius 1 is 1.25 bits per heavy atom. The summed E-state index contributed by atoms with van der Waals surface area (Å²) in [4.78, 5) is 18.9. The van der Waals surface area contributed by atoms with Gasteiger partial charge in [-0.1, -0.05) is 0 Å². The molecule has 3 N–H and O–H groups in total. The lowest BCUT2D eigenvalue weighted by atomic mass is 10.2. The molecule has 1 fully saturated rings. The number of amides is 1. The van der Waals surface area contributed by atoms with Gasteiger partial charge in [-0.15, -0.1) is 0 Å². The molecule has 0 bridgehead atoms. The molecule has 28 heavy (non-hydrogen) atoms. The van der Waals surface area contributed by atoms with Crippen LogP contribution in [0.1, 0.15) is 12.3 Å². The zero-order chi connectivity index (χ0) is 19.8. The molecule has 154 valence electrons. The lowest BCUT2D eigenvalue weighted by molar-refractivity contribution is 0.0373. The van der Waals surface area contributed by atoms with E-state index in [4.69, 9.17) is 19.4 Å². The minimum absolute atomic E-state index is 0.165. The van der Waals surface area contributed by atoms with Crippen molar-refractivity contribution in [2.45, 2.75) is 12.8 Å². The molecule has 10 heteroatoms. The summed E-state index contributed by atoms with van der Waals surface area (Å²) in [5, 5.41) is 24.9. The Balaban J connectivity index is 1.48. The predicted molar refractivity (Wildman–Crippen MR) is 99.8 cm³/mol. The number of nitrogens with zero attached hydrogens (tertiary/aromatic N) is 4. The first-order valence-electron chi connectivity index (χ1n) is 9.50. The van der Waals surface area contributed by atoms with Gasteiger partial charge in [0, 0.05) is 51.4 Å². The van der Waals surface area contributed by atoms with Crippen LogP contribution in [0.3, 0.4) is 0 Å². The van der Waals surface area contributed by atoms with Gasteiger partial charge in [0.05, 0.1) is 13.2 Å². The first-order valence-corrected chi connectivity index (χ1v) is 9.50. The molecule has 0 spiro atoms. The van der Waals surface area contributed by atoms with Crippen molar-refractivity contribution in [3.8, 4) is 11.4 Å².